The Morgan fingerprint density at radius 3 is 2.16 bits per heavy atom. The van der Waals surface area contributed by atoms with Gasteiger partial charge in [0, 0.05) is 18.5 Å². The summed E-state index contributed by atoms with van der Waals surface area (Å²) in [5.74, 6) is 0.00381. The zero-order chi connectivity index (χ0) is 26.1. The average molecular weight is 507 g/mol. The smallest absolute Gasteiger partial charge is 0.354 e. The molecule has 0 aliphatic rings. The van der Waals surface area contributed by atoms with Crippen molar-refractivity contribution < 1.29 is 18.0 Å². The molecule has 0 spiro atoms. The molecule has 4 aromatic heterocycles. The SMILES string of the molecule is Nc1ccn(-c2cnc(Oc3cccc(-n4ccc(N)nc4=O)c3-c3cc(C(F)F)no3)nc2)c(=O)n1. The van der Waals surface area contributed by atoms with Crippen molar-refractivity contribution in [3.05, 3.63) is 87.8 Å². The summed E-state index contributed by atoms with van der Waals surface area (Å²) in [4.78, 5) is 40.1. The van der Waals surface area contributed by atoms with Crippen molar-refractivity contribution in [3.8, 4) is 34.5 Å². The van der Waals surface area contributed by atoms with Crippen molar-refractivity contribution in [2.75, 3.05) is 11.5 Å². The van der Waals surface area contributed by atoms with Crippen molar-refractivity contribution in [3.63, 3.8) is 0 Å². The van der Waals surface area contributed by atoms with Gasteiger partial charge in [-0.25, -0.2) is 28.3 Å². The fraction of sp³-hybridized carbons (Fsp3) is 0.0455. The summed E-state index contributed by atoms with van der Waals surface area (Å²) in [5, 5.41) is 3.39. The van der Waals surface area contributed by atoms with Gasteiger partial charge in [-0.15, -0.1) is 0 Å². The normalized spacial score (nSPS) is 11.1. The number of nitrogens with zero attached hydrogens (tertiary/aromatic N) is 7. The third-order valence-corrected chi connectivity index (χ3v) is 5.01. The molecular formula is C22H15F2N9O4. The summed E-state index contributed by atoms with van der Waals surface area (Å²) in [6.07, 6.45) is 2.50. The average Bonchev–Trinajstić information content (AvgIpc) is 3.35. The molecule has 15 heteroatoms. The minimum atomic E-state index is -2.89. The number of hydrogen-bond donors (Lipinski definition) is 2. The van der Waals surface area contributed by atoms with E-state index >= 15 is 0 Å². The van der Waals surface area contributed by atoms with Crippen LogP contribution in [0.4, 0.5) is 20.4 Å². The number of rotatable bonds is 6. The Balaban J connectivity index is 1.58. The highest BCUT2D eigenvalue weighted by Crippen LogP contribution is 2.38. The molecule has 0 bridgehead atoms. The number of aromatic nitrogens is 7. The van der Waals surface area contributed by atoms with Crippen LogP contribution in [0.5, 0.6) is 11.8 Å². The molecule has 0 radical (unpaired) electrons. The molecular weight excluding hydrogens is 492 g/mol. The van der Waals surface area contributed by atoms with Gasteiger partial charge in [-0.05, 0) is 24.3 Å². The van der Waals surface area contributed by atoms with Gasteiger partial charge < -0.3 is 20.7 Å². The monoisotopic (exact) mass is 507 g/mol. The van der Waals surface area contributed by atoms with Gasteiger partial charge in [0.2, 0.25) is 0 Å². The van der Waals surface area contributed by atoms with Crippen LogP contribution in [-0.4, -0.2) is 34.2 Å². The quantitative estimate of drug-likeness (QED) is 0.343. The second kappa shape index (κ2) is 9.29. The van der Waals surface area contributed by atoms with Crippen molar-refractivity contribution in [1.82, 2.24) is 34.2 Å². The Morgan fingerprint density at radius 2 is 1.57 bits per heavy atom. The van der Waals surface area contributed by atoms with Gasteiger partial charge >= 0.3 is 17.4 Å². The molecule has 5 rings (SSSR count). The lowest BCUT2D eigenvalue weighted by Gasteiger charge is -2.14. The largest absolute Gasteiger partial charge is 0.423 e. The van der Waals surface area contributed by atoms with Crippen LogP contribution in [0.25, 0.3) is 22.7 Å². The zero-order valence-electron chi connectivity index (χ0n) is 18.5. The third-order valence-electron chi connectivity index (χ3n) is 5.01. The molecule has 0 atom stereocenters. The summed E-state index contributed by atoms with van der Waals surface area (Å²) in [7, 11) is 0. The number of hydrogen-bond acceptors (Lipinski definition) is 11. The second-order valence-electron chi connectivity index (χ2n) is 7.40. The summed E-state index contributed by atoms with van der Waals surface area (Å²) >= 11 is 0. The van der Waals surface area contributed by atoms with E-state index in [1.807, 2.05) is 0 Å². The summed E-state index contributed by atoms with van der Waals surface area (Å²) in [6.45, 7) is 0. The van der Waals surface area contributed by atoms with Crippen LogP contribution in [0.1, 0.15) is 12.1 Å². The summed E-state index contributed by atoms with van der Waals surface area (Å²) in [5.41, 5.74) is 9.70. The topological polar surface area (TPSA) is 183 Å². The molecule has 37 heavy (non-hydrogen) atoms. The highest BCUT2D eigenvalue weighted by molar-refractivity contribution is 5.76. The van der Waals surface area contributed by atoms with E-state index in [9.17, 15) is 18.4 Å². The predicted molar refractivity (Wildman–Crippen MR) is 125 cm³/mol. The fourth-order valence-electron chi connectivity index (χ4n) is 3.36. The first-order valence-electron chi connectivity index (χ1n) is 10.4. The first-order chi connectivity index (χ1) is 17.8. The molecule has 0 fully saturated rings. The highest BCUT2D eigenvalue weighted by Gasteiger charge is 2.23. The Hall–Kier alpha value is -5.47. The van der Waals surface area contributed by atoms with E-state index in [0.29, 0.717) is 0 Å². The van der Waals surface area contributed by atoms with Gasteiger partial charge in [0.25, 0.3) is 6.43 Å². The molecule has 0 aliphatic heterocycles. The van der Waals surface area contributed by atoms with Crippen molar-refractivity contribution in [1.29, 1.82) is 0 Å². The van der Waals surface area contributed by atoms with Crippen LogP contribution in [0.15, 0.2) is 75.3 Å². The number of halogens is 2. The van der Waals surface area contributed by atoms with E-state index in [-0.39, 0.29) is 46.1 Å². The maximum atomic E-state index is 13.2. The molecule has 5 aromatic rings. The van der Waals surface area contributed by atoms with Gasteiger partial charge in [0.05, 0.1) is 29.3 Å². The van der Waals surface area contributed by atoms with Crippen molar-refractivity contribution in [2.24, 2.45) is 0 Å². The first-order valence-corrected chi connectivity index (χ1v) is 10.4. The molecule has 186 valence electrons. The van der Waals surface area contributed by atoms with E-state index < -0.39 is 23.5 Å². The third kappa shape index (κ3) is 4.60. The van der Waals surface area contributed by atoms with Gasteiger partial charge in [0.15, 0.2) is 5.76 Å². The molecule has 4 heterocycles. The van der Waals surface area contributed by atoms with Crippen LogP contribution >= 0.6 is 0 Å². The molecule has 0 amide bonds. The number of anilines is 2. The maximum absolute atomic E-state index is 13.2. The summed E-state index contributed by atoms with van der Waals surface area (Å²) < 4.78 is 39.7. The predicted octanol–water partition coefficient (Wildman–Crippen LogP) is 2.12. The fourth-order valence-corrected chi connectivity index (χ4v) is 3.36. The molecule has 13 nitrogen and oxygen atoms in total. The number of nitrogen functional groups attached to an aromatic ring is 2. The molecule has 0 unspecified atom stereocenters. The summed E-state index contributed by atoms with van der Waals surface area (Å²) in [6, 6.07) is 8.25. The van der Waals surface area contributed by atoms with E-state index in [1.54, 1.807) is 6.07 Å². The van der Waals surface area contributed by atoms with Gasteiger partial charge in [-0.1, -0.05) is 11.2 Å². The standard InChI is InChI=1S/C22H15F2N9O4/c23-19(24)12-8-15(37-31-12)18-13(33-7-5-17(26)30-22(33)35)2-1-3-14(18)36-20-27-9-11(10-28-20)32-6-4-16(25)29-21(32)34/h1-10,19H,(H2,25,29,34)(H2,26,30,35). The van der Waals surface area contributed by atoms with Crippen LogP contribution in [0, 0.1) is 0 Å². The second-order valence-corrected chi connectivity index (χ2v) is 7.40. The maximum Gasteiger partial charge on any atom is 0.354 e. The molecule has 0 saturated carbocycles. The van der Waals surface area contributed by atoms with Gasteiger partial charge in [0.1, 0.15) is 23.1 Å². The van der Waals surface area contributed by atoms with E-state index in [1.165, 1.54) is 53.6 Å². The van der Waals surface area contributed by atoms with Crippen LogP contribution in [0.3, 0.4) is 0 Å². The van der Waals surface area contributed by atoms with Crippen molar-refractivity contribution >= 4 is 11.6 Å². The van der Waals surface area contributed by atoms with Crippen molar-refractivity contribution in [2.45, 2.75) is 6.43 Å². The highest BCUT2D eigenvalue weighted by atomic mass is 19.3. The Kier molecular flexibility index (Phi) is 5.85. The Labute approximate surface area is 204 Å². The molecule has 1 aromatic carbocycles. The Bertz CT molecular complexity index is 1710. The van der Waals surface area contributed by atoms with E-state index in [0.717, 1.165) is 10.6 Å². The molecule has 0 saturated heterocycles. The number of benzene rings is 1. The van der Waals surface area contributed by atoms with E-state index in [4.69, 9.17) is 20.7 Å². The number of nitrogens with two attached hydrogens (primary N) is 2. The molecule has 4 N–H and O–H groups in total. The lowest BCUT2D eigenvalue weighted by Crippen LogP contribution is -2.22. The minimum absolute atomic E-state index is 0.00115. The minimum Gasteiger partial charge on any atom is -0.423 e. The van der Waals surface area contributed by atoms with Gasteiger partial charge in [-0.2, -0.15) is 9.97 Å². The van der Waals surface area contributed by atoms with Gasteiger partial charge in [-0.3, -0.25) is 9.13 Å². The molecule has 0 aliphatic carbocycles. The number of alkyl halides is 2. The van der Waals surface area contributed by atoms with Crippen LogP contribution in [0.2, 0.25) is 0 Å². The lowest BCUT2D eigenvalue weighted by molar-refractivity contribution is 0.140. The Morgan fingerprint density at radius 1 is 0.919 bits per heavy atom. The van der Waals surface area contributed by atoms with E-state index in [2.05, 4.69) is 25.1 Å². The van der Waals surface area contributed by atoms with Crippen LogP contribution in [-0.2, 0) is 0 Å². The number of ether oxygens (including phenoxy) is 1. The lowest BCUT2D eigenvalue weighted by atomic mass is 10.1. The first kappa shape index (κ1) is 23.3. The zero-order valence-corrected chi connectivity index (χ0v) is 18.5. The van der Waals surface area contributed by atoms with Crippen LogP contribution < -0.4 is 27.6 Å².